The molecule has 0 bridgehead atoms. The molecule has 0 saturated heterocycles. The Morgan fingerprint density at radius 2 is 2.43 bits per heavy atom. The van der Waals surface area contributed by atoms with E-state index in [1.54, 1.807) is 0 Å². The molecule has 0 fully saturated rings. The van der Waals surface area contributed by atoms with Gasteiger partial charge in [-0.2, -0.15) is 5.10 Å². The van der Waals surface area contributed by atoms with Gasteiger partial charge in [0, 0.05) is 0 Å². The smallest absolute Gasteiger partial charge is 0.306 e. The standard InChI is InChI=1S/C7H11N3O4/c1-7(12,5-11)4-9-3-6(2-8-9)10(13)14/h2-3,11-12H,4-5H2,1H3. The van der Waals surface area contributed by atoms with Crippen molar-refractivity contribution in [3.8, 4) is 0 Å². The van der Waals surface area contributed by atoms with Crippen molar-refractivity contribution in [1.82, 2.24) is 9.78 Å². The van der Waals surface area contributed by atoms with Crippen LogP contribution in [0.15, 0.2) is 12.4 Å². The number of aromatic nitrogens is 2. The topological polar surface area (TPSA) is 101 Å². The molecule has 1 aromatic heterocycles. The second-order valence-electron chi connectivity index (χ2n) is 3.31. The number of aliphatic hydroxyl groups excluding tert-OH is 1. The summed E-state index contributed by atoms with van der Waals surface area (Å²) in [5, 5.41) is 32.2. The Labute approximate surface area is 79.7 Å². The van der Waals surface area contributed by atoms with Gasteiger partial charge in [0.25, 0.3) is 0 Å². The summed E-state index contributed by atoms with van der Waals surface area (Å²) in [6.07, 6.45) is 2.29. The number of aliphatic hydroxyl groups is 2. The maximum absolute atomic E-state index is 10.3. The molecule has 7 heteroatoms. The van der Waals surface area contributed by atoms with Crippen LogP contribution in [0.2, 0.25) is 0 Å². The lowest BCUT2D eigenvalue weighted by molar-refractivity contribution is -0.385. The summed E-state index contributed by atoms with van der Waals surface area (Å²) in [4.78, 5) is 9.72. The molecule has 0 radical (unpaired) electrons. The maximum Gasteiger partial charge on any atom is 0.306 e. The summed E-state index contributed by atoms with van der Waals surface area (Å²) in [5.41, 5.74) is -1.46. The van der Waals surface area contributed by atoms with E-state index in [1.165, 1.54) is 17.8 Å². The van der Waals surface area contributed by atoms with E-state index < -0.39 is 17.1 Å². The van der Waals surface area contributed by atoms with Crippen molar-refractivity contribution in [3.05, 3.63) is 22.5 Å². The fraction of sp³-hybridized carbons (Fsp3) is 0.571. The highest BCUT2D eigenvalue weighted by molar-refractivity contribution is 5.20. The van der Waals surface area contributed by atoms with Crippen LogP contribution in [0.1, 0.15) is 6.92 Å². The van der Waals surface area contributed by atoms with Crippen molar-refractivity contribution in [2.24, 2.45) is 0 Å². The molecular formula is C7H11N3O4. The molecule has 1 heterocycles. The number of rotatable bonds is 4. The second-order valence-corrected chi connectivity index (χ2v) is 3.31. The summed E-state index contributed by atoms with van der Waals surface area (Å²) < 4.78 is 1.22. The highest BCUT2D eigenvalue weighted by Crippen LogP contribution is 2.11. The molecule has 1 aromatic rings. The third kappa shape index (κ3) is 2.51. The lowest BCUT2D eigenvalue weighted by atomic mass is 10.1. The van der Waals surface area contributed by atoms with E-state index in [1.807, 2.05) is 0 Å². The highest BCUT2D eigenvalue weighted by atomic mass is 16.6. The third-order valence-corrected chi connectivity index (χ3v) is 1.67. The predicted molar refractivity (Wildman–Crippen MR) is 46.6 cm³/mol. The van der Waals surface area contributed by atoms with Crippen molar-refractivity contribution in [2.75, 3.05) is 6.61 Å². The molecule has 78 valence electrons. The monoisotopic (exact) mass is 201 g/mol. The fourth-order valence-corrected chi connectivity index (χ4v) is 0.932. The quantitative estimate of drug-likeness (QED) is 0.506. The first-order valence-electron chi connectivity index (χ1n) is 3.95. The summed E-state index contributed by atoms with van der Waals surface area (Å²) in [7, 11) is 0. The molecule has 1 atom stereocenters. The third-order valence-electron chi connectivity index (χ3n) is 1.67. The molecule has 0 aliphatic rings. The Hall–Kier alpha value is -1.47. The Balaban J connectivity index is 2.73. The zero-order valence-corrected chi connectivity index (χ0v) is 7.62. The van der Waals surface area contributed by atoms with Gasteiger partial charge in [-0.05, 0) is 6.92 Å². The molecule has 2 N–H and O–H groups in total. The van der Waals surface area contributed by atoms with E-state index in [9.17, 15) is 15.2 Å². The Morgan fingerprint density at radius 1 is 1.79 bits per heavy atom. The minimum atomic E-state index is -1.32. The molecule has 0 aromatic carbocycles. The van der Waals surface area contributed by atoms with Crippen LogP contribution in [0.3, 0.4) is 0 Å². The molecule has 0 aliphatic heterocycles. The minimum Gasteiger partial charge on any atom is -0.393 e. The van der Waals surface area contributed by atoms with Gasteiger partial charge in [-0.1, -0.05) is 0 Å². The van der Waals surface area contributed by atoms with Crippen molar-refractivity contribution in [1.29, 1.82) is 0 Å². The Kier molecular flexibility index (Phi) is 2.82. The van der Waals surface area contributed by atoms with Gasteiger partial charge in [0.05, 0.1) is 18.1 Å². The van der Waals surface area contributed by atoms with Gasteiger partial charge in [0.2, 0.25) is 0 Å². The summed E-state index contributed by atoms with van der Waals surface area (Å²) in [6, 6.07) is 0. The average Bonchev–Trinajstić information content (AvgIpc) is 2.52. The molecular weight excluding hydrogens is 190 g/mol. The molecule has 0 aliphatic carbocycles. The van der Waals surface area contributed by atoms with Crippen LogP contribution in [0, 0.1) is 10.1 Å². The summed E-state index contributed by atoms with van der Waals surface area (Å²) >= 11 is 0. The zero-order valence-electron chi connectivity index (χ0n) is 7.62. The zero-order chi connectivity index (χ0) is 10.8. The second kappa shape index (κ2) is 3.72. The van der Waals surface area contributed by atoms with Crippen LogP contribution in [0.5, 0.6) is 0 Å². The van der Waals surface area contributed by atoms with Crippen molar-refractivity contribution >= 4 is 5.69 Å². The Morgan fingerprint density at radius 3 is 2.86 bits per heavy atom. The average molecular weight is 201 g/mol. The normalized spacial score (nSPS) is 15.1. The lowest BCUT2D eigenvalue weighted by Crippen LogP contribution is -2.34. The first-order valence-corrected chi connectivity index (χ1v) is 3.95. The van der Waals surface area contributed by atoms with Gasteiger partial charge in [0.1, 0.15) is 18.0 Å². The van der Waals surface area contributed by atoms with E-state index in [0.717, 1.165) is 6.20 Å². The molecule has 1 rings (SSSR count). The van der Waals surface area contributed by atoms with Gasteiger partial charge in [0.15, 0.2) is 0 Å². The van der Waals surface area contributed by atoms with Crippen molar-refractivity contribution in [3.63, 3.8) is 0 Å². The molecule has 0 saturated carbocycles. The fourth-order valence-electron chi connectivity index (χ4n) is 0.932. The van der Waals surface area contributed by atoms with Crippen LogP contribution < -0.4 is 0 Å². The van der Waals surface area contributed by atoms with Crippen LogP contribution in [-0.2, 0) is 6.54 Å². The number of nitro groups is 1. The van der Waals surface area contributed by atoms with Crippen molar-refractivity contribution < 1.29 is 15.1 Å². The molecule has 0 spiro atoms. The van der Waals surface area contributed by atoms with Gasteiger partial charge >= 0.3 is 5.69 Å². The number of hydrogen-bond acceptors (Lipinski definition) is 5. The van der Waals surface area contributed by atoms with Crippen LogP contribution >= 0.6 is 0 Å². The first kappa shape index (κ1) is 10.6. The van der Waals surface area contributed by atoms with Crippen LogP contribution in [-0.4, -0.2) is 37.1 Å². The van der Waals surface area contributed by atoms with Gasteiger partial charge in [-0.15, -0.1) is 0 Å². The highest BCUT2D eigenvalue weighted by Gasteiger charge is 2.21. The largest absolute Gasteiger partial charge is 0.393 e. The van der Waals surface area contributed by atoms with E-state index in [2.05, 4.69) is 5.10 Å². The lowest BCUT2D eigenvalue weighted by Gasteiger charge is -2.19. The van der Waals surface area contributed by atoms with Crippen molar-refractivity contribution in [2.45, 2.75) is 19.1 Å². The maximum atomic E-state index is 10.3. The van der Waals surface area contributed by atoms with Gasteiger partial charge in [-0.3, -0.25) is 14.8 Å². The molecule has 14 heavy (non-hydrogen) atoms. The summed E-state index contributed by atoms with van der Waals surface area (Å²) in [5.74, 6) is 0. The van der Waals surface area contributed by atoms with E-state index in [-0.39, 0.29) is 12.2 Å². The predicted octanol–water partition coefficient (Wildman–Crippen LogP) is -0.465. The molecule has 0 amide bonds. The van der Waals surface area contributed by atoms with E-state index in [4.69, 9.17) is 5.11 Å². The first-order chi connectivity index (χ1) is 6.44. The summed E-state index contributed by atoms with van der Waals surface area (Å²) in [6.45, 7) is 0.999. The minimum absolute atomic E-state index is 0.0112. The molecule has 7 nitrogen and oxygen atoms in total. The van der Waals surface area contributed by atoms with Gasteiger partial charge < -0.3 is 10.2 Å². The SMILES string of the molecule is CC(O)(CO)Cn1cc([N+](=O)[O-])cn1. The number of nitrogens with zero attached hydrogens (tertiary/aromatic N) is 3. The van der Waals surface area contributed by atoms with Crippen LogP contribution in [0.25, 0.3) is 0 Å². The Bertz CT molecular complexity index is 333. The van der Waals surface area contributed by atoms with Gasteiger partial charge in [-0.25, -0.2) is 0 Å². The van der Waals surface area contributed by atoms with E-state index in [0.29, 0.717) is 0 Å². The van der Waals surface area contributed by atoms with E-state index >= 15 is 0 Å². The number of hydrogen-bond donors (Lipinski definition) is 2. The van der Waals surface area contributed by atoms with Crippen LogP contribution in [0.4, 0.5) is 5.69 Å². The molecule has 1 unspecified atom stereocenters.